The zero-order chi connectivity index (χ0) is 5.86. The molecule has 0 aliphatic carbocycles. The number of rotatable bonds is 2. The first kappa shape index (κ1) is 6.92. The van der Waals surface area contributed by atoms with Crippen LogP contribution < -0.4 is 5.73 Å². The summed E-state index contributed by atoms with van der Waals surface area (Å²) in [6, 6.07) is 0.144. The van der Waals surface area contributed by atoms with Crippen molar-refractivity contribution in [2.24, 2.45) is 5.73 Å². The maximum absolute atomic E-state index is 5.42. The summed E-state index contributed by atoms with van der Waals surface area (Å²) in [4.78, 5) is 0. The average molecular weight is 103 g/mol. The predicted octanol–water partition coefficient (Wildman–Crippen LogP) is 0.368. The van der Waals surface area contributed by atoms with E-state index in [2.05, 4.69) is 0 Å². The lowest BCUT2D eigenvalue weighted by atomic mass is 10.2. The summed E-state index contributed by atoms with van der Waals surface area (Å²) in [6.07, 6.45) is 0.181. The number of ether oxygens (including phenoxy) is 1. The Morgan fingerprint density at radius 1 is 1.43 bits per heavy atom. The average Bonchev–Trinajstić information content (AvgIpc) is 1.65. The highest BCUT2D eigenvalue weighted by Gasteiger charge is 2.02. The first-order valence-electron chi connectivity index (χ1n) is 2.47. The van der Waals surface area contributed by atoms with E-state index in [-0.39, 0.29) is 12.1 Å². The topological polar surface area (TPSA) is 35.2 Å². The van der Waals surface area contributed by atoms with Crippen LogP contribution in [0.25, 0.3) is 0 Å². The number of methoxy groups -OCH3 is 1. The van der Waals surface area contributed by atoms with E-state index in [1.54, 1.807) is 7.11 Å². The minimum absolute atomic E-state index is 0.144. The molecule has 2 nitrogen and oxygen atoms in total. The summed E-state index contributed by atoms with van der Waals surface area (Å²) in [6.45, 7) is 3.87. The van der Waals surface area contributed by atoms with E-state index in [1.165, 1.54) is 0 Å². The quantitative estimate of drug-likeness (QED) is 0.548. The van der Waals surface area contributed by atoms with Gasteiger partial charge in [0.2, 0.25) is 0 Å². The second kappa shape index (κ2) is 2.99. The van der Waals surface area contributed by atoms with Gasteiger partial charge in [-0.25, -0.2) is 0 Å². The molecule has 2 heteroatoms. The highest BCUT2D eigenvalue weighted by atomic mass is 16.5. The Kier molecular flexibility index (Phi) is 2.96. The van der Waals surface area contributed by atoms with E-state index in [4.69, 9.17) is 10.5 Å². The van der Waals surface area contributed by atoms with Gasteiger partial charge in [-0.2, -0.15) is 0 Å². The maximum atomic E-state index is 5.42. The van der Waals surface area contributed by atoms with Crippen molar-refractivity contribution < 1.29 is 4.74 Å². The Morgan fingerprint density at radius 3 is 1.86 bits per heavy atom. The van der Waals surface area contributed by atoms with E-state index < -0.39 is 0 Å². The second-order valence-corrected chi connectivity index (χ2v) is 1.80. The summed E-state index contributed by atoms with van der Waals surface area (Å²) in [5.74, 6) is 0. The summed E-state index contributed by atoms with van der Waals surface area (Å²) >= 11 is 0. The Hall–Kier alpha value is -0.0800. The first-order chi connectivity index (χ1) is 3.18. The lowest BCUT2D eigenvalue weighted by Gasteiger charge is -2.11. The Bertz CT molecular complexity index is 45.3. The summed E-state index contributed by atoms with van der Waals surface area (Å²) < 4.78 is 4.89. The zero-order valence-electron chi connectivity index (χ0n) is 5.14. The molecule has 0 heterocycles. The smallest absolute Gasteiger partial charge is 0.0691 e. The monoisotopic (exact) mass is 103 g/mol. The molecule has 0 fully saturated rings. The SMILES string of the molecule is CO[C@H](C)C(C)N. The Labute approximate surface area is 44.7 Å². The molecule has 0 rings (SSSR count). The molecule has 2 atom stereocenters. The van der Waals surface area contributed by atoms with Gasteiger partial charge in [-0.3, -0.25) is 0 Å². The standard InChI is InChI=1S/C5H13NO/c1-4(6)5(2)7-3/h4-5H,6H2,1-3H3/t4?,5-/m1/s1. The molecule has 0 amide bonds. The first-order valence-corrected chi connectivity index (χ1v) is 2.47. The number of hydrogen-bond acceptors (Lipinski definition) is 2. The van der Waals surface area contributed by atoms with Crippen LogP contribution in [-0.4, -0.2) is 19.3 Å². The van der Waals surface area contributed by atoms with Crippen LogP contribution >= 0.6 is 0 Å². The molecular weight excluding hydrogens is 90.1 g/mol. The van der Waals surface area contributed by atoms with Crippen LogP contribution in [0.4, 0.5) is 0 Å². The molecule has 0 aliphatic heterocycles. The van der Waals surface area contributed by atoms with Crippen LogP contribution in [-0.2, 0) is 4.74 Å². The molecule has 0 bridgehead atoms. The van der Waals surface area contributed by atoms with Crippen LogP contribution in [0.1, 0.15) is 13.8 Å². The number of hydrogen-bond donors (Lipinski definition) is 1. The second-order valence-electron chi connectivity index (χ2n) is 1.80. The maximum Gasteiger partial charge on any atom is 0.0691 e. The van der Waals surface area contributed by atoms with E-state index in [0.717, 1.165) is 0 Å². The Morgan fingerprint density at radius 2 is 1.86 bits per heavy atom. The van der Waals surface area contributed by atoms with Gasteiger partial charge in [-0.1, -0.05) is 0 Å². The summed E-state index contributed by atoms with van der Waals surface area (Å²) in [5.41, 5.74) is 5.42. The van der Waals surface area contributed by atoms with Crippen LogP contribution in [0.3, 0.4) is 0 Å². The molecule has 0 aromatic rings. The van der Waals surface area contributed by atoms with Crippen LogP contribution in [0, 0.1) is 0 Å². The zero-order valence-corrected chi connectivity index (χ0v) is 5.14. The molecule has 0 spiro atoms. The van der Waals surface area contributed by atoms with Crippen molar-refractivity contribution in [3.05, 3.63) is 0 Å². The lowest BCUT2D eigenvalue weighted by molar-refractivity contribution is 0.101. The van der Waals surface area contributed by atoms with Gasteiger partial charge in [0.1, 0.15) is 0 Å². The van der Waals surface area contributed by atoms with Crippen molar-refractivity contribution in [2.75, 3.05) is 7.11 Å². The Balaban J connectivity index is 3.14. The molecule has 7 heavy (non-hydrogen) atoms. The fourth-order valence-electron chi connectivity index (χ4n) is 0.215. The van der Waals surface area contributed by atoms with Crippen molar-refractivity contribution in [1.82, 2.24) is 0 Å². The summed E-state index contributed by atoms with van der Waals surface area (Å²) in [7, 11) is 1.66. The van der Waals surface area contributed by atoms with Gasteiger partial charge >= 0.3 is 0 Å². The van der Waals surface area contributed by atoms with Crippen molar-refractivity contribution in [2.45, 2.75) is 26.0 Å². The van der Waals surface area contributed by atoms with Crippen molar-refractivity contribution in [1.29, 1.82) is 0 Å². The van der Waals surface area contributed by atoms with Gasteiger partial charge in [0.25, 0.3) is 0 Å². The molecule has 0 saturated carbocycles. The van der Waals surface area contributed by atoms with E-state index >= 15 is 0 Å². The van der Waals surface area contributed by atoms with Crippen LogP contribution in [0.5, 0.6) is 0 Å². The summed E-state index contributed by atoms with van der Waals surface area (Å²) in [5, 5.41) is 0. The molecular formula is C5H13NO. The molecule has 0 aromatic heterocycles. The molecule has 0 saturated heterocycles. The normalized spacial score (nSPS) is 18.9. The third kappa shape index (κ3) is 2.60. The molecule has 44 valence electrons. The fourth-order valence-corrected chi connectivity index (χ4v) is 0.215. The number of nitrogens with two attached hydrogens (primary N) is 1. The molecule has 0 aromatic carbocycles. The van der Waals surface area contributed by atoms with Gasteiger partial charge in [0, 0.05) is 13.2 Å². The largest absolute Gasteiger partial charge is 0.380 e. The van der Waals surface area contributed by atoms with E-state index in [0.29, 0.717) is 0 Å². The molecule has 2 N–H and O–H groups in total. The molecule has 1 unspecified atom stereocenters. The van der Waals surface area contributed by atoms with Crippen molar-refractivity contribution >= 4 is 0 Å². The lowest BCUT2D eigenvalue weighted by Crippen LogP contribution is -2.30. The van der Waals surface area contributed by atoms with Crippen molar-refractivity contribution in [3.8, 4) is 0 Å². The van der Waals surface area contributed by atoms with Gasteiger partial charge in [0.05, 0.1) is 6.10 Å². The fraction of sp³-hybridized carbons (Fsp3) is 1.00. The van der Waals surface area contributed by atoms with Gasteiger partial charge in [-0.15, -0.1) is 0 Å². The van der Waals surface area contributed by atoms with Crippen molar-refractivity contribution in [3.63, 3.8) is 0 Å². The van der Waals surface area contributed by atoms with Gasteiger partial charge in [0.15, 0.2) is 0 Å². The predicted molar refractivity (Wildman–Crippen MR) is 30.1 cm³/mol. The molecule has 0 radical (unpaired) electrons. The van der Waals surface area contributed by atoms with Crippen LogP contribution in [0.15, 0.2) is 0 Å². The highest BCUT2D eigenvalue weighted by molar-refractivity contribution is 4.60. The third-order valence-corrected chi connectivity index (χ3v) is 1.11. The minimum atomic E-state index is 0.144. The molecule has 0 aliphatic rings. The van der Waals surface area contributed by atoms with E-state index in [1.807, 2.05) is 13.8 Å². The van der Waals surface area contributed by atoms with Gasteiger partial charge < -0.3 is 10.5 Å². The van der Waals surface area contributed by atoms with Gasteiger partial charge in [-0.05, 0) is 13.8 Å². The minimum Gasteiger partial charge on any atom is -0.380 e. The van der Waals surface area contributed by atoms with Crippen LogP contribution in [0.2, 0.25) is 0 Å². The third-order valence-electron chi connectivity index (χ3n) is 1.11. The van der Waals surface area contributed by atoms with E-state index in [9.17, 15) is 0 Å². The highest BCUT2D eigenvalue weighted by Crippen LogP contribution is 1.89.